The smallest absolute Gasteiger partial charge is 0.248 e. The molecule has 0 N–H and O–H groups in total. The summed E-state index contributed by atoms with van der Waals surface area (Å²) in [5.41, 5.74) is 0. The van der Waals surface area contributed by atoms with Crippen LogP contribution in [0.25, 0.3) is 0 Å². The van der Waals surface area contributed by atoms with Crippen molar-refractivity contribution in [2.24, 2.45) is 0 Å². The number of amides is 1. The Balaban J connectivity index is 1.66. The van der Waals surface area contributed by atoms with Crippen LogP contribution in [0.15, 0.2) is 16.5 Å². The van der Waals surface area contributed by atoms with E-state index in [2.05, 4.69) is 4.90 Å². The molecule has 2 saturated heterocycles. The molecule has 98 valence electrons. The van der Waals surface area contributed by atoms with Crippen molar-refractivity contribution in [1.29, 1.82) is 0 Å². The van der Waals surface area contributed by atoms with Gasteiger partial charge in [0.1, 0.15) is 18.1 Å². The van der Waals surface area contributed by atoms with E-state index < -0.39 is 0 Å². The molecule has 0 aromatic carbocycles. The summed E-state index contributed by atoms with van der Waals surface area (Å²) < 4.78 is 11.2. The Hall–Kier alpha value is -1.33. The van der Waals surface area contributed by atoms with E-state index in [4.69, 9.17) is 9.15 Å². The van der Waals surface area contributed by atoms with Crippen molar-refractivity contribution in [1.82, 2.24) is 9.80 Å². The molecule has 2 aliphatic heterocycles. The summed E-state index contributed by atoms with van der Waals surface area (Å²) >= 11 is 0. The first-order valence-corrected chi connectivity index (χ1v) is 6.28. The Bertz CT molecular complexity index is 457. The second kappa shape index (κ2) is 4.40. The molecule has 1 aromatic heterocycles. The van der Waals surface area contributed by atoms with Gasteiger partial charge in [-0.3, -0.25) is 9.69 Å². The van der Waals surface area contributed by atoms with E-state index >= 15 is 0 Å². The molecule has 2 fully saturated rings. The van der Waals surface area contributed by atoms with Crippen LogP contribution in [0.2, 0.25) is 0 Å². The van der Waals surface area contributed by atoms with Crippen LogP contribution >= 0.6 is 0 Å². The lowest BCUT2D eigenvalue weighted by atomic mass is 10.1. The normalized spacial score (nSPS) is 28.8. The Morgan fingerprint density at radius 1 is 1.39 bits per heavy atom. The molecular weight excluding hydrogens is 232 g/mol. The van der Waals surface area contributed by atoms with Gasteiger partial charge in [-0.05, 0) is 19.1 Å². The molecule has 0 spiro atoms. The van der Waals surface area contributed by atoms with Gasteiger partial charge in [-0.2, -0.15) is 0 Å². The second-order valence-corrected chi connectivity index (χ2v) is 5.13. The maximum Gasteiger partial charge on any atom is 0.248 e. The summed E-state index contributed by atoms with van der Waals surface area (Å²) in [6.45, 7) is 4.66. The minimum atomic E-state index is 0.0759. The topological polar surface area (TPSA) is 45.9 Å². The van der Waals surface area contributed by atoms with Crippen molar-refractivity contribution >= 4 is 5.91 Å². The van der Waals surface area contributed by atoms with Crippen LogP contribution in [0.1, 0.15) is 11.5 Å². The molecule has 0 bridgehead atoms. The fraction of sp³-hybridized carbons (Fsp3) is 0.615. The Kier molecular flexibility index (Phi) is 2.87. The van der Waals surface area contributed by atoms with E-state index in [-0.39, 0.29) is 24.7 Å². The highest BCUT2D eigenvalue weighted by Crippen LogP contribution is 2.24. The zero-order valence-electron chi connectivity index (χ0n) is 10.8. The molecule has 0 radical (unpaired) electrons. The van der Waals surface area contributed by atoms with Gasteiger partial charge in [-0.15, -0.1) is 0 Å². The Labute approximate surface area is 106 Å². The number of hydrogen-bond donors (Lipinski definition) is 0. The van der Waals surface area contributed by atoms with Crippen molar-refractivity contribution in [2.45, 2.75) is 25.6 Å². The highest BCUT2D eigenvalue weighted by Gasteiger charge is 2.41. The van der Waals surface area contributed by atoms with Crippen molar-refractivity contribution in [3.8, 4) is 0 Å². The predicted molar refractivity (Wildman–Crippen MR) is 65.0 cm³/mol. The van der Waals surface area contributed by atoms with E-state index in [1.165, 1.54) is 0 Å². The van der Waals surface area contributed by atoms with E-state index in [9.17, 15) is 4.79 Å². The number of furan rings is 1. The van der Waals surface area contributed by atoms with Gasteiger partial charge < -0.3 is 14.1 Å². The first-order chi connectivity index (χ1) is 8.63. The summed E-state index contributed by atoms with van der Waals surface area (Å²) in [7, 11) is 1.86. The van der Waals surface area contributed by atoms with Gasteiger partial charge in [0.2, 0.25) is 5.91 Å². The summed E-state index contributed by atoms with van der Waals surface area (Å²) in [5.74, 6) is 1.98. The van der Waals surface area contributed by atoms with Crippen LogP contribution in [-0.4, -0.2) is 54.6 Å². The van der Waals surface area contributed by atoms with Crippen LogP contribution in [-0.2, 0) is 16.1 Å². The molecule has 2 aliphatic rings. The van der Waals surface area contributed by atoms with Crippen molar-refractivity contribution in [3.63, 3.8) is 0 Å². The molecule has 2 atom stereocenters. The molecule has 1 aromatic rings. The number of ether oxygens (including phenoxy) is 1. The molecule has 0 aliphatic carbocycles. The number of nitrogens with zero attached hydrogens (tertiary/aromatic N) is 2. The van der Waals surface area contributed by atoms with Gasteiger partial charge in [-0.25, -0.2) is 0 Å². The number of hydrogen-bond acceptors (Lipinski definition) is 4. The van der Waals surface area contributed by atoms with Crippen molar-refractivity contribution in [2.75, 3.05) is 26.7 Å². The van der Waals surface area contributed by atoms with Gasteiger partial charge in [0, 0.05) is 20.1 Å². The minimum absolute atomic E-state index is 0.0759. The summed E-state index contributed by atoms with van der Waals surface area (Å²) in [5, 5.41) is 0. The van der Waals surface area contributed by atoms with E-state index in [1.807, 2.05) is 31.0 Å². The molecule has 3 rings (SSSR count). The maximum absolute atomic E-state index is 11.6. The molecule has 0 saturated carbocycles. The largest absolute Gasteiger partial charge is 0.465 e. The average Bonchev–Trinajstić information content (AvgIpc) is 2.91. The van der Waals surface area contributed by atoms with Gasteiger partial charge in [0.15, 0.2) is 0 Å². The van der Waals surface area contributed by atoms with Gasteiger partial charge in [0.25, 0.3) is 0 Å². The van der Waals surface area contributed by atoms with Crippen LogP contribution in [0, 0.1) is 6.92 Å². The fourth-order valence-corrected chi connectivity index (χ4v) is 2.75. The Morgan fingerprint density at radius 2 is 2.22 bits per heavy atom. The van der Waals surface area contributed by atoms with Crippen LogP contribution in [0.3, 0.4) is 0 Å². The minimum Gasteiger partial charge on any atom is -0.465 e. The third-order valence-electron chi connectivity index (χ3n) is 3.80. The highest BCUT2D eigenvalue weighted by molar-refractivity contribution is 5.78. The number of carbonyl (C=O) groups is 1. The number of rotatable bonds is 2. The average molecular weight is 250 g/mol. The number of likely N-dealkylation sites (tertiary alicyclic amines) is 1. The summed E-state index contributed by atoms with van der Waals surface area (Å²) in [4.78, 5) is 15.7. The molecule has 1 amide bonds. The molecule has 18 heavy (non-hydrogen) atoms. The zero-order valence-corrected chi connectivity index (χ0v) is 10.8. The van der Waals surface area contributed by atoms with E-state index in [0.717, 1.165) is 31.2 Å². The lowest BCUT2D eigenvalue weighted by Gasteiger charge is -2.33. The van der Waals surface area contributed by atoms with E-state index in [1.54, 1.807) is 0 Å². The third kappa shape index (κ3) is 2.04. The molecular formula is C13H18N2O3. The summed E-state index contributed by atoms with van der Waals surface area (Å²) in [6, 6.07) is 4.17. The Morgan fingerprint density at radius 3 is 2.94 bits per heavy atom. The standard InChI is InChI=1S/C13H18N2O3/c1-9-3-4-10(18-9)5-15-6-11-12(7-15)17-8-13(16)14(11)2/h3-4,11-12H,5-8H2,1-2H3/t11-,12-/m1/s1. The van der Waals surface area contributed by atoms with Crippen LogP contribution < -0.4 is 0 Å². The number of morpholine rings is 1. The van der Waals surface area contributed by atoms with Gasteiger partial charge in [-0.1, -0.05) is 0 Å². The van der Waals surface area contributed by atoms with Crippen molar-refractivity contribution in [3.05, 3.63) is 23.7 Å². The second-order valence-electron chi connectivity index (χ2n) is 5.13. The van der Waals surface area contributed by atoms with Gasteiger partial charge >= 0.3 is 0 Å². The number of carbonyl (C=O) groups excluding carboxylic acids is 1. The number of likely N-dealkylation sites (N-methyl/N-ethyl adjacent to an activating group) is 1. The fourth-order valence-electron chi connectivity index (χ4n) is 2.75. The monoisotopic (exact) mass is 250 g/mol. The quantitative estimate of drug-likeness (QED) is 0.772. The van der Waals surface area contributed by atoms with Gasteiger partial charge in [0.05, 0.1) is 18.7 Å². The first-order valence-electron chi connectivity index (χ1n) is 6.28. The molecule has 5 nitrogen and oxygen atoms in total. The molecule has 5 heteroatoms. The third-order valence-corrected chi connectivity index (χ3v) is 3.80. The first kappa shape index (κ1) is 11.7. The predicted octanol–water partition coefficient (Wildman–Crippen LogP) is 0.629. The van der Waals surface area contributed by atoms with Crippen LogP contribution in [0.5, 0.6) is 0 Å². The molecule has 3 heterocycles. The van der Waals surface area contributed by atoms with Crippen molar-refractivity contribution < 1.29 is 13.9 Å². The highest BCUT2D eigenvalue weighted by atomic mass is 16.5. The number of aryl methyl sites for hydroxylation is 1. The SMILES string of the molecule is Cc1ccc(CN2C[C@@H]3[C@@H](C2)OCC(=O)N3C)o1. The number of fused-ring (bicyclic) bond motifs is 1. The lowest BCUT2D eigenvalue weighted by Crippen LogP contribution is -2.51. The zero-order chi connectivity index (χ0) is 12.7. The maximum atomic E-state index is 11.6. The van der Waals surface area contributed by atoms with E-state index in [0.29, 0.717) is 0 Å². The lowest BCUT2D eigenvalue weighted by molar-refractivity contribution is -0.150. The summed E-state index contributed by atoms with van der Waals surface area (Å²) in [6.07, 6.45) is 0.142. The molecule has 0 unspecified atom stereocenters. The van der Waals surface area contributed by atoms with Crippen LogP contribution in [0.4, 0.5) is 0 Å².